The van der Waals surface area contributed by atoms with E-state index in [2.05, 4.69) is 40.1 Å². The van der Waals surface area contributed by atoms with Crippen LogP contribution in [0.4, 0.5) is 23.3 Å². The Morgan fingerprint density at radius 3 is 1.00 bits per heavy atom. The van der Waals surface area contributed by atoms with Crippen LogP contribution >= 0.6 is 0 Å². The first-order chi connectivity index (χ1) is 19.4. The number of nitro groups is 8. The monoisotopic (exact) mass is 612 g/mol. The van der Waals surface area contributed by atoms with Crippen molar-refractivity contribution in [3.63, 3.8) is 0 Å². The van der Waals surface area contributed by atoms with Crippen molar-refractivity contribution >= 4 is 23.3 Å². The molecular formula is C8H4N16O18. The Hall–Kier alpha value is -7.32. The molecule has 2 aromatic rings. The van der Waals surface area contributed by atoms with Gasteiger partial charge in [-0.25, -0.2) is 29.5 Å². The number of rotatable bonds is 16. The van der Waals surface area contributed by atoms with Gasteiger partial charge in [0.2, 0.25) is 0 Å². The molecule has 42 heavy (non-hydrogen) atoms. The van der Waals surface area contributed by atoms with E-state index in [1.165, 1.54) is 0 Å². The van der Waals surface area contributed by atoms with Crippen LogP contribution in [0, 0.1) is 80.9 Å². The maximum absolute atomic E-state index is 11.4. The highest BCUT2D eigenvalue weighted by Crippen LogP contribution is 2.32. The van der Waals surface area contributed by atoms with Gasteiger partial charge in [-0.1, -0.05) is 0 Å². The number of hydrazine groups is 2. The highest BCUT2D eigenvalue weighted by Gasteiger charge is 2.75. The van der Waals surface area contributed by atoms with E-state index in [1.54, 1.807) is 0 Å². The number of nitrogens with zero attached hydrogens (tertiary/aromatic N) is 16. The van der Waals surface area contributed by atoms with Gasteiger partial charge in [-0.3, -0.25) is 60.7 Å². The van der Waals surface area contributed by atoms with E-state index in [9.17, 15) is 80.9 Å². The molecule has 0 amide bonds. The normalized spacial score (nSPS) is 11.5. The molecule has 0 aromatic carbocycles. The van der Waals surface area contributed by atoms with Crippen molar-refractivity contribution in [2.45, 2.75) is 11.6 Å². The fourth-order valence-corrected chi connectivity index (χ4v) is 2.47. The van der Waals surface area contributed by atoms with Crippen molar-refractivity contribution in [1.82, 2.24) is 20.6 Å². The summed E-state index contributed by atoms with van der Waals surface area (Å²) in [6.07, 6.45) is 0. The van der Waals surface area contributed by atoms with Gasteiger partial charge in [-0.2, -0.15) is 0 Å². The van der Waals surface area contributed by atoms with Gasteiger partial charge in [0.05, 0.1) is 0 Å². The van der Waals surface area contributed by atoms with Crippen molar-refractivity contribution in [3.05, 3.63) is 80.9 Å². The van der Waals surface area contributed by atoms with E-state index in [0.29, 0.717) is 0 Å². The largest absolute Gasteiger partial charge is 0.723 e. The predicted molar refractivity (Wildman–Crippen MR) is 109 cm³/mol. The number of azo groups is 1. The van der Waals surface area contributed by atoms with Gasteiger partial charge >= 0.3 is 24.7 Å². The maximum atomic E-state index is 11.4. The SMILES string of the molecule is O=[N+]([O-])N(CC([N+](=O)[O-])([N+](=O)[O-])[N+](=O)[O-])c1nonc1N=Nc1nonc1N(CC([N+](=O)[O-])([N+](=O)[O-])[N+](=O)[O-])[N+](=O)[O-]. The Balaban J connectivity index is 2.58. The van der Waals surface area contributed by atoms with Gasteiger partial charge < -0.3 is 0 Å². The third-order valence-corrected chi connectivity index (χ3v) is 4.51. The molecule has 0 aliphatic rings. The molecule has 0 bridgehead atoms. The lowest BCUT2D eigenvalue weighted by atomic mass is 10.3. The van der Waals surface area contributed by atoms with Crippen molar-refractivity contribution < 1.29 is 48.9 Å². The summed E-state index contributed by atoms with van der Waals surface area (Å²) in [5.41, 5.74) is 0. The molecule has 2 aromatic heterocycles. The van der Waals surface area contributed by atoms with Crippen molar-refractivity contribution in [3.8, 4) is 0 Å². The van der Waals surface area contributed by atoms with Crippen molar-refractivity contribution in [1.29, 1.82) is 0 Å². The molecule has 0 spiro atoms. The molecular weight excluding hydrogens is 608 g/mol. The van der Waals surface area contributed by atoms with E-state index < -0.39 is 97.6 Å². The summed E-state index contributed by atoms with van der Waals surface area (Å²) in [4.78, 5) is 77.2. The first kappa shape index (κ1) is 30.9. The Kier molecular flexibility index (Phi) is 8.24. The summed E-state index contributed by atoms with van der Waals surface area (Å²) in [6, 6.07) is 0. The molecule has 2 rings (SSSR count). The summed E-state index contributed by atoms with van der Waals surface area (Å²) in [6.45, 7) is -4.55. The Bertz CT molecular complexity index is 1330. The summed E-state index contributed by atoms with van der Waals surface area (Å²) in [5.74, 6) is -14.4. The molecule has 0 fully saturated rings. The summed E-state index contributed by atoms with van der Waals surface area (Å²) in [7, 11) is 0. The van der Waals surface area contributed by atoms with Gasteiger partial charge in [0.25, 0.3) is 23.3 Å². The fraction of sp³-hybridized carbons (Fsp3) is 0.500. The number of aromatic nitrogens is 4. The second-order valence-corrected chi connectivity index (χ2v) is 6.71. The molecule has 34 nitrogen and oxygen atoms in total. The van der Waals surface area contributed by atoms with E-state index in [0.717, 1.165) is 0 Å². The summed E-state index contributed by atoms with van der Waals surface area (Å²) < 4.78 is 8.18. The first-order valence-electron chi connectivity index (χ1n) is 9.22. The van der Waals surface area contributed by atoms with Crippen LogP contribution in [0.2, 0.25) is 0 Å². The third kappa shape index (κ3) is 5.17. The van der Waals surface area contributed by atoms with Crippen LogP contribution in [-0.4, -0.2) is 84.9 Å². The van der Waals surface area contributed by atoms with E-state index in [-0.39, 0.29) is 0 Å². The smallest absolute Gasteiger partial charge is 0.253 e. The predicted octanol–water partition coefficient (Wildman–Crippen LogP) is -2.17. The standard InChI is InChI=1S/C8H4N16O18/c25-17(26)7(18(27)28,19(29)30)1-15(23(37)38)5-3(11-41-13-5)9-10-4-6(14-42-12-4)16(24(39)40)2-8(20(31)32,21(33)34)22(35)36/h1-2H2. The van der Waals surface area contributed by atoms with E-state index in [1.807, 2.05) is 0 Å². The minimum atomic E-state index is -4.46. The van der Waals surface area contributed by atoms with Gasteiger partial charge in [0.15, 0.2) is 39.6 Å². The quantitative estimate of drug-likeness (QED) is 0.0841. The molecule has 0 radical (unpaired) electrons. The van der Waals surface area contributed by atoms with Gasteiger partial charge in [-0.15, -0.1) is 10.2 Å². The first-order valence-corrected chi connectivity index (χ1v) is 9.22. The van der Waals surface area contributed by atoms with Crippen LogP contribution in [0.1, 0.15) is 0 Å². The van der Waals surface area contributed by atoms with Crippen LogP contribution in [-0.2, 0) is 0 Å². The average Bonchev–Trinajstić information content (AvgIpc) is 3.51. The molecule has 34 heteroatoms. The van der Waals surface area contributed by atoms with Crippen LogP contribution in [0.3, 0.4) is 0 Å². The van der Waals surface area contributed by atoms with Crippen LogP contribution in [0.5, 0.6) is 0 Å². The van der Waals surface area contributed by atoms with Gasteiger partial charge in [-0.05, 0) is 30.6 Å². The topological polar surface area (TPSA) is 454 Å². The van der Waals surface area contributed by atoms with Gasteiger partial charge in [0.1, 0.15) is 0 Å². The molecule has 0 aliphatic heterocycles. The second kappa shape index (κ2) is 11.2. The van der Waals surface area contributed by atoms with Crippen LogP contribution in [0.25, 0.3) is 0 Å². The van der Waals surface area contributed by atoms with Crippen LogP contribution in [0.15, 0.2) is 19.5 Å². The van der Waals surface area contributed by atoms with Crippen LogP contribution < -0.4 is 10.0 Å². The highest BCUT2D eigenvalue weighted by atomic mass is 16.8. The van der Waals surface area contributed by atoms with E-state index in [4.69, 9.17) is 0 Å². The van der Waals surface area contributed by atoms with E-state index >= 15 is 0 Å². The number of anilines is 2. The molecule has 0 aliphatic carbocycles. The number of hydrogen-bond acceptors (Lipinski definition) is 24. The lowest BCUT2D eigenvalue weighted by molar-refractivity contribution is -0.968. The molecule has 0 N–H and O–H groups in total. The number of hydrogen-bond donors (Lipinski definition) is 0. The minimum absolute atomic E-state index is 0.690. The molecule has 0 saturated carbocycles. The Labute approximate surface area is 219 Å². The highest BCUT2D eigenvalue weighted by molar-refractivity contribution is 5.56. The lowest BCUT2D eigenvalue weighted by Gasteiger charge is -2.13. The zero-order valence-electron chi connectivity index (χ0n) is 18.9. The second-order valence-electron chi connectivity index (χ2n) is 6.71. The zero-order valence-corrected chi connectivity index (χ0v) is 18.9. The molecule has 0 unspecified atom stereocenters. The lowest BCUT2D eigenvalue weighted by Crippen LogP contribution is -2.61. The Morgan fingerprint density at radius 2 is 0.786 bits per heavy atom. The zero-order chi connectivity index (χ0) is 32.2. The fourth-order valence-electron chi connectivity index (χ4n) is 2.47. The summed E-state index contributed by atoms with van der Waals surface area (Å²) >= 11 is 0. The molecule has 2 heterocycles. The molecule has 224 valence electrons. The van der Waals surface area contributed by atoms with Gasteiger partial charge in [0, 0.05) is 0 Å². The summed E-state index contributed by atoms with van der Waals surface area (Å²) in [5, 5.41) is 103. The average molecular weight is 612 g/mol. The van der Waals surface area contributed by atoms with Crippen molar-refractivity contribution in [2.75, 3.05) is 23.1 Å². The Morgan fingerprint density at radius 1 is 0.524 bits per heavy atom. The molecule has 0 atom stereocenters. The van der Waals surface area contributed by atoms with Crippen molar-refractivity contribution in [2.24, 2.45) is 10.2 Å². The maximum Gasteiger partial charge on any atom is 0.723 e. The molecule has 0 saturated heterocycles. The third-order valence-electron chi connectivity index (χ3n) is 4.51. The minimum Gasteiger partial charge on any atom is -0.253 e.